The van der Waals surface area contributed by atoms with E-state index >= 15 is 0 Å². The number of ether oxygens (including phenoxy) is 1. The number of alkyl halides is 3. The second-order valence-electron chi connectivity index (χ2n) is 5.75. The van der Waals surface area contributed by atoms with Crippen LogP contribution in [0.2, 0.25) is 0 Å². The summed E-state index contributed by atoms with van der Waals surface area (Å²) in [6.45, 7) is 1.89. The maximum Gasteiger partial charge on any atom is 0.389 e. The van der Waals surface area contributed by atoms with Gasteiger partial charge in [0.1, 0.15) is 11.4 Å². The summed E-state index contributed by atoms with van der Waals surface area (Å²) in [7, 11) is 1.86. The zero-order chi connectivity index (χ0) is 15.7. The molecule has 0 spiro atoms. The van der Waals surface area contributed by atoms with Gasteiger partial charge in [-0.1, -0.05) is 15.9 Å². The summed E-state index contributed by atoms with van der Waals surface area (Å²) in [6.07, 6.45) is -3.73. The van der Waals surface area contributed by atoms with Crippen LogP contribution in [0, 0.1) is 0 Å². The zero-order valence-corrected chi connectivity index (χ0v) is 13.6. The van der Waals surface area contributed by atoms with Crippen LogP contribution < -0.4 is 10.1 Å². The van der Waals surface area contributed by atoms with Crippen molar-refractivity contribution in [2.75, 3.05) is 7.05 Å². The van der Waals surface area contributed by atoms with Gasteiger partial charge in [-0.3, -0.25) is 0 Å². The molecule has 0 radical (unpaired) electrons. The van der Waals surface area contributed by atoms with Crippen molar-refractivity contribution in [3.63, 3.8) is 0 Å². The van der Waals surface area contributed by atoms with Crippen LogP contribution in [0.15, 0.2) is 22.7 Å². The van der Waals surface area contributed by atoms with Gasteiger partial charge in [0.25, 0.3) is 0 Å². The molecule has 6 heteroatoms. The Bertz CT molecular complexity index is 506. The summed E-state index contributed by atoms with van der Waals surface area (Å²) >= 11 is 3.43. The molecule has 0 aliphatic carbocycles. The predicted octanol–water partition coefficient (Wildman–Crippen LogP) is 4.98. The average molecular weight is 366 g/mol. The maximum absolute atomic E-state index is 12.3. The lowest BCUT2D eigenvalue weighted by molar-refractivity contribution is -0.137. The van der Waals surface area contributed by atoms with Gasteiger partial charge in [-0.15, -0.1) is 0 Å². The van der Waals surface area contributed by atoms with Gasteiger partial charge in [0.05, 0.1) is 0 Å². The summed E-state index contributed by atoms with van der Waals surface area (Å²) in [5.41, 5.74) is 0.472. The van der Waals surface area contributed by atoms with Crippen molar-refractivity contribution in [1.29, 1.82) is 0 Å². The fraction of sp³-hybridized carbons (Fsp3) is 0.600. The van der Waals surface area contributed by atoms with Crippen LogP contribution in [-0.2, 0) is 0 Å². The summed E-state index contributed by atoms with van der Waals surface area (Å²) in [5.74, 6) is 0.748. The van der Waals surface area contributed by atoms with Gasteiger partial charge < -0.3 is 10.1 Å². The van der Waals surface area contributed by atoms with Gasteiger partial charge in [-0.2, -0.15) is 13.2 Å². The molecule has 1 aromatic rings. The minimum absolute atomic E-state index is 0.0853. The number of halogens is 4. The van der Waals surface area contributed by atoms with Crippen LogP contribution >= 0.6 is 15.9 Å². The maximum atomic E-state index is 12.3. The van der Waals surface area contributed by atoms with Gasteiger partial charge in [-0.25, -0.2) is 0 Å². The Morgan fingerprint density at radius 3 is 2.76 bits per heavy atom. The Morgan fingerprint density at radius 2 is 2.14 bits per heavy atom. The van der Waals surface area contributed by atoms with Crippen molar-refractivity contribution >= 4 is 15.9 Å². The highest BCUT2D eigenvalue weighted by molar-refractivity contribution is 9.10. The van der Waals surface area contributed by atoms with E-state index in [0.29, 0.717) is 12.8 Å². The first-order valence-corrected chi connectivity index (χ1v) is 7.74. The van der Waals surface area contributed by atoms with E-state index in [1.54, 1.807) is 0 Å². The molecule has 1 aromatic carbocycles. The van der Waals surface area contributed by atoms with Crippen LogP contribution in [0.5, 0.6) is 5.75 Å². The molecule has 0 aromatic heterocycles. The SMILES string of the molecule is CNC1CC(C)(CCCC(F)(F)F)Oc2ccc(Br)cc21. The highest BCUT2D eigenvalue weighted by atomic mass is 79.9. The number of fused-ring (bicyclic) bond motifs is 1. The third-order valence-electron chi connectivity index (χ3n) is 3.85. The molecule has 0 fully saturated rings. The number of benzene rings is 1. The van der Waals surface area contributed by atoms with E-state index in [0.717, 1.165) is 15.8 Å². The molecule has 1 aliphatic rings. The fourth-order valence-electron chi connectivity index (χ4n) is 2.81. The van der Waals surface area contributed by atoms with Gasteiger partial charge in [0, 0.05) is 28.9 Å². The highest BCUT2D eigenvalue weighted by Gasteiger charge is 2.37. The van der Waals surface area contributed by atoms with Crippen LogP contribution in [0.1, 0.15) is 44.2 Å². The van der Waals surface area contributed by atoms with E-state index < -0.39 is 18.2 Å². The molecule has 2 unspecified atom stereocenters. The second-order valence-corrected chi connectivity index (χ2v) is 6.66. The second kappa shape index (κ2) is 6.16. The number of rotatable bonds is 4. The molecule has 0 bridgehead atoms. The largest absolute Gasteiger partial charge is 0.487 e. The van der Waals surface area contributed by atoms with Crippen LogP contribution in [0.4, 0.5) is 13.2 Å². The molecule has 21 heavy (non-hydrogen) atoms. The normalized spacial score (nSPS) is 25.3. The third kappa shape index (κ3) is 4.36. The number of nitrogens with one attached hydrogen (secondary N) is 1. The predicted molar refractivity (Wildman–Crippen MR) is 79.5 cm³/mol. The van der Waals surface area contributed by atoms with Gasteiger partial charge in [-0.05, 0) is 45.0 Å². The molecule has 2 nitrogen and oxygen atoms in total. The highest BCUT2D eigenvalue weighted by Crippen LogP contribution is 2.43. The zero-order valence-electron chi connectivity index (χ0n) is 12.1. The molecular formula is C15H19BrF3NO. The number of hydrogen-bond acceptors (Lipinski definition) is 2. The van der Waals surface area contributed by atoms with Crippen molar-refractivity contribution < 1.29 is 17.9 Å². The van der Waals surface area contributed by atoms with E-state index in [1.807, 2.05) is 32.2 Å². The lowest BCUT2D eigenvalue weighted by Gasteiger charge is -2.40. The van der Waals surface area contributed by atoms with Crippen LogP contribution in [0.3, 0.4) is 0 Å². The Hall–Kier alpha value is -0.750. The number of hydrogen-bond donors (Lipinski definition) is 1. The molecule has 1 aliphatic heterocycles. The fourth-order valence-corrected chi connectivity index (χ4v) is 3.19. The van der Waals surface area contributed by atoms with Crippen LogP contribution in [-0.4, -0.2) is 18.8 Å². The lowest BCUT2D eigenvalue weighted by Crippen LogP contribution is -2.41. The van der Waals surface area contributed by atoms with Crippen molar-refractivity contribution in [2.45, 2.75) is 50.4 Å². The molecule has 0 amide bonds. The molecule has 1 heterocycles. The lowest BCUT2D eigenvalue weighted by atomic mass is 9.85. The van der Waals surface area contributed by atoms with E-state index in [9.17, 15) is 13.2 Å². The van der Waals surface area contributed by atoms with Crippen molar-refractivity contribution in [3.05, 3.63) is 28.2 Å². The topological polar surface area (TPSA) is 21.3 Å². The Balaban J connectivity index is 2.11. The average Bonchev–Trinajstić information content (AvgIpc) is 2.37. The minimum atomic E-state index is -4.10. The van der Waals surface area contributed by atoms with Crippen LogP contribution in [0.25, 0.3) is 0 Å². The summed E-state index contributed by atoms with van der Waals surface area (Å²) in [4.78, 5) is 0. The quantitative estimate of drug-likeness (QED) is 0.811. The first-order valence-electron chi connectivity index (χ1n) is 6.95. The van der Waals surface area contributed by atoms with Crippen molar-refractivity contribution in [3.8, 4) is 5.75 Å². The van der Waals surface area contributed by atoms with E-state index in [1.165, 1.54) is 0 Å². The summed E-state index contributed by atoms with van der Waals surface area (Å²) in [6, 6.07) is 5.83. The summed E-state index contributed by atoms with van der Waals surface area (Å²) < 4.78 is 43.9. The van der Waals surface area contributed by atoms with Crippen molar-refractivity contribution in [1.82, 2.24) is 5.32 Å². The molecule has 0 saturated heterocycles. The first-order chi connectivity index (χ1) is 9.72. The molecule has 118 valence electrons. The van der Waals surface area contributed by atoms with Crippen molar-refractivity contribution in [2.24, 2.45) is 0 Å². The minimum Gasteiger partial charge on any atom is -0.487 e. The summed E-state index contributed by atoms with van der Waals surface area (Å²) in [5, 5.41) is 3.23. The molecular weight excluding hydrogens is 347 g/mol. The Labute approximate surface area is 131 Å². The van der Waals surface area contributed by atoms with E-state index in [2.05, 4.69) is 21.2 Å². The first kappa shape index (κ1) is 16.6. The standard InChI is InChI=1S/C15H19BrF3NO/c1-14(6-3-7-15(17,18)19)9-12(20-2)11-8-10(16)4-5-13(11)21-14/h4-5,8,12,20H,3,6-7,9H2,1-2H3. The smallest absolute Gasteiger partial charge is 0.389 e. The molecule has 0 saturated carbocycles. The molecule has 2 rings (SSSR count). The Kier molecular flexibility index (Phi) is 4.88. The molecule has 1 N–H and O–H groups in total. The van der Waals surface area contributed by atoms with Gasteiger partial charge >= 0.3 is 6.18 Å². The van der Waals surface area contributed by atoms with E-state index in [-0.39, 0.29) is 12.5 Å². The monoisotopic (exact) mass is 365 g/mol. The van der Waals surface area contributed by atoms with Gasteiger partial charge in [0.2, 0.25) is 0 Å². The third-order valence-corrected chi connectivity index (χ3v) is 4.35. The van der Waals surface area contributed by atoms with Gasteiger partial charge in [0.15, 0.2) is 0 Å². The Morgan fingerprint density at radius 1 is 1.43 bits per heavy atom. The molecule has 2 atom stereocenters. The van der Waals surface area contributed by atoms with E-state index in [4.69, 9.17) is 4.74 Å².